The van der Waals surface area contributed by atoms with Gasteiger partial charge in [-0.1, -0.05) is 33.6 Å². The molecule has 3 fully saturated rings. The minimum Gasteiger partial charge on any atom is -0.377 e. The Bertz CT molecular complexity index is 410. The fourth-order valence-electron chi connectivity index (χ4n) is 4.89. The number of halogens is 1. The molecule has 4 nitrogen and oxygen atoms in total. The maximum Gasteiger partial charge on any atom is 0.237 e. The van der Waals surface area contributed by atoms with Crippen molar-refractivity contribution >= 4 is 18.3 Å². The summed E-state index contributed by atoms with van der Waals surface area (Å²) in [6.07, 6.45) is 8.74. The Morgan fingerprint density at radius 2 is 1.92 bits per heavy atom. The maximum absolute atomic E-state index is 12.6. The van der Waals surface area contributed by atoms with Gasteiger partial charge in [-0.3, -0.25) is 4.79 Å². The van der Waals surface area contributed by atoms with Crippen LogP contribution in [0, 0.1) is 17.3 Å². The molecule has 0 spiro atoms. The van der Waals surface area contributed by atoms with Crippen molar-refractivity contribution in [1.29, 1.82) is 0 Å². The second-order valence-electron chi connectivity index (χ2n) is 8.91. The Morgan fingerprint density at radius 3 is 2.62 bits per heavy atom. The molecule has 3 rings (SSSR count). The van der Waals surface area contributed by atoms with Gasteiger partial charge in [-0.05, 0) is 43.4 Å². The molecule has 1 saturated carbocycles. The predicted molar refractivity (Wildman–Crippen MR) is 99.5 cm³/mol. The van der Waals surface area contributed by atoms with Crippen LogP contribution in [-0.2, 0) is 9.53 Å². The monoisotopic (exact) mass is 358 g/mol. The summed E-state index contributed by atoms with van der Waals surface area (Å²) in [5.74, 6) is 1.37. The molecule has 5 unspecified atom stereocenters. The second kappa shape index (κ2) is 8.37. The Hall–Kier alpha value is -0.320. The number of fused-ring (bicyclic) bond motifs is 1. The third kappa shape index (κ3) is 4.64. The smallest absolute Gasteiger partial charge is 0.237 e. The highest BCUT2D eigenvalue weighted by atomic mass is 35.5. The molecule has 3 aliphatic rings. The largest absolute Gasteiger partial charge is 0.377 e. The zero-order valence-corrected chi connectivity index (χ0v) is 16.3. The average molecular weight is 359 g/mol. The van der Waals surface area contributed by atoms with E-state index in [0.717, 1.165) is 38.3 Å². The highest BCUT2D eigenvalue weighted by molar-refractivity contribution is 5.85. The van der Waals surface area contributed by atoms with Gasteiger partial charge in [0, 0.05) is 25.1 Å². The van der Waals surface area contributed by atoms with Gasteiger partial charge in [-0.2, -0.15) is 0 Å². The summed E-state index contributed by atoms with van der Waals surface area (Å²) in [5, 5.41) is 6.80. The van der Waals surface area contributed by atoms with E-state index in [1.165, 1.54) is 25.7 Å². The van der Waals surface area contributed by atoms with E-state index in [1.807, 2.05) is 0 Å². The Balaban J connectivity index is 0.00000208. The van der Waals surface area contributed by atoms with Crippen LogP contribution in [0.5, 0.6) is 0 Å². The van der Waals surface area contributed by atoms with Gasteiger partial charge in [0.2, 0.25) is 5.91 Å². The summed E-state index contributed by atoms with van der Waals surface area (Å²) in [4.78, 5) is 12.6. The van der Waals surface area contributed by atoms with Gasteiger partial charge in [0.25, 0.3) is 0 Å². The number of amides is 1. The van der Waals surface area contributed by atoms with E-state index in [1.54, 1.807) is 0 Å². The molecule has 0 aromatic heterocycles. The van der Waals surface area contributed by atoms with Crippen molar-refractivity contribution in [2.45, 2.75) is 83.9 Å². The molecule has 0 aromatic rings. The highest BCUT2D eigenvalue weighted by Crippen LogP contribution is 2.35. The molecule has 2 N–H and O–H groups in total. The second-order valence-corrected chi connectivity index (χ2v) is 8.91. The van der Waals surface area contributed by atoms with Crippen molar-refractivity contribution < 1.29 is 9.53 Å². The van der Waals surface area contributed by atoms with Crippen molar-refractivity contribution in [2.24, 2.45) is 17.3 Å². The topological polar surface area (TPSA) is 50.4 Å². The Morgan fingerprint density at radius 1 is 1.17 bits per heavy atom. The lowest BCUT2D eigenvalue weighted by atomic mass is 9.78. The number of hydrogen-bond donors (Lipinski definition) is 2. The molecule has 5 atom stereocenters. The molecule has 2 aliphatic heterocycles. The molecule has 5 heteroatoms. The summed E-state index contributed by atoms with van der Waals surface area (Å²) in [6, 6.07) is 0.612. The number of nitrogens with one attached hydrogen (secondary N) is 2. The minimum atomic E-state index is 0. The third-order valence-corrected chi connectivity index (χ3v) is 6.02. The zero-order valence-electron chi connectivity index (χ0n) is 15.5. The molecular weight excluding hydrogens is 324 g/mol. The number of hydrogen-bond acceptors (Lipinski definition) is 3. The molecule has 2 heterocycles. The summed E-state index contributed by atoms with van der Waals surface area (Å²) >= 11 is 0. The van der Waals surface area contributed by atoms with E-state index in [4.69, 9.17) is 4.74 Å². The zero-order chi connectivity index (χ0) is 16.4. The molecule has 24 heavy (non-hydrogen) atoms. The van der Waals surface area contributed by atoms with E-state index in [2.05, 4.69) is 31.4 Å². The summed E-state index contributed by atoms with van der Waals surface area (Å²) < 4.78 is 6.02. The normalized spacial score (nSPS) is 36.5. The van der Waals surface area contributed by atoms with E-state index in [-0.39, 0.29) is 35.9 Å². The minimum absolute atomic E-state index is 0. The van der Waals surface area contributed by atoms with Crippen LogP contribution in [0.1, 0.15) is 65.7 Å². The summed E-state index contributed by atoms with van der Waals surface area (Å²) in [6.45, 7) is 8.33. The summed E-state index contributed by atoms with van der Waals surface area (Å²) in [5.41, 5.74) is 0.135. The molecule has 0 aromatic carbocycles. The SMILES string of the molecule is CC(C)(C)C1OCCCC1CNC(=O)C1CC2CCCCC2N1.Cl. The fourth-order valence-corrected chi connectivity index (χ4v) is 4.89. The molecular formula is C19H35ClN2O2. The quantitative estimate of drug-likeness (QED) is 0.813. The predicted octanol–water partition coefficient (Wildman–Crippen LogP) is 3.29. The standard InChI is InChI=1S/C19H34N2O2.ClH/c1-19(2,3)17-14(8-6-10-23-17)12-20-18(22)16-11-13-7-4-5-9-15(13)21-16;/h13-17,21H,4-12H2,1-3H3,(H,20,22);1H. The van der Waals surface area contributed by atoms with E-state index < -0.39 is 0 Å². The third-order valence-electron chi connectivity index (χ3n) is 6.02. The molecule has 2 saturated heterocycles. The lowest BCUT2D eigenvalue weighted by molar-refractivity contribution is -0.124. The van der Waals surface area contributed by atoms with Crippen LogP contribution in [0.4, 0.5) is 0 Å². The number of rotatable bonds is 3. The van der Waals surface area contributed by atoms with E-state index in [0.29, 0.717) is 12.0 Å². The molecule has 1 amide bonds. The Kier molecular flexibility index (Phi) is 6.98. The lowest BCUT2D eigenvalue weighted by Gasteiger charge is -2.40. The first-order chi connectivity index (χ1) is 10.9. The van der Waals surface area contributed by atoms with Crippen LogP contribution in [0.25, 0.3) is 0 Å². The first-order valence-electron chi connectivity index (χ1n) is 9.60. The van der Waals surface area contributed by atoms with Gasteiger partial charge in [-0.15, -0.1) is 12.4 Å². The van der Waals surface area contributed by atoms with Crippen LogP contribution >= 0.6 is 12.4 Å². The van der Waals surface area contributed by atoms with Crippen molar-refractivity contribution in [3.63, 3.8) is 0 Å². The lowest BCUT2D eigenvalue weighted by Crippen LogP contribution is -2.48. The first-order valence-corrected chi connectivity index (χ1v) is 9.60. The van der Waals surface area contributed by atoms with E-state index >= 15 is 0 Å². The van der Waals surface area contributed by atoms with Crippen molar-refractivity contribution in [3.8, 4) is 0 Å². The van der Waals surface area contributed by atoms with E-state index in [9.17, 15) is 4.79 Å². The van der Waals surface area contributed by atoms with Crippen molar-refractivity contribution in [3.05, 3.63) is 0 Å². The van der Waals surface area contributed by atoms with Crippen molar-refractivity contribution in [1.82, 2.24) is 10.6 Å². The molecule has 0 radical (unpaired) electrons. The van der Waals surface area contributed by atoms with Crippen LogP contribution in [0.15, 0.2) is 0 Å². The van der Waals surface area contributed by atoms with Gasteiger partial charge >= 0.3 is 0 Å². The highest BCUT2D eigenvalue weighted by Gasteiger charge is 2.39. The maximum atomic E-state index is 12.6. The summed E-state index contributed by atoms with van der Waals surface area (Å²) in [7, 11) is 0. The molecule has 1 aliphatic carbocycles. The first kappa shape index (κ1) is 20.0. The van der Waals surface area contributed by atoms with Gasteiger partial charge in [-0.25, -0.2) is 0 Å². The molecule has 0 bridgehead atoms. The number of ether oxygens (including phenoxy) is 1. The fraction of sp³-hybridized carbons (Fsp3) is 0.947. The number of carbonyl (C=O) groups is 1. The van der Waals surface area contributed by atoms with Gasteiger partial charge in [0.05, 0.1) is 12.1 Å². The van der Waals surface area contributed by atoms with Gasteiger partial charge < -0.3 is 15.4 Å². The molecule has 140 valence electrons. The van der Waals surface area contributed by atoms with Gasteiger partial charge in [0.1, 0.15) is 0 Å². The average Bonchev–Trinajstić information content (AvgIpc) is 2.96. The van der Waals surface area contributed by atoms with Crippen LogP contribution in [0.3, 0.4) is 0 Å². The van der Waals surface area contributed by atoms with Crippen LogP contribution in [0.2, 0.25) is 0 Å². The van der Waals surface area contributed by atoms with Crippen LogP contribution in [-0.4, -0.2) is 37.2 Å². The van der Waals surface area contributed by atoms with Crippen molar-refractivity contribution in [2.75, 3.05) is 13.2 Å². The number of carbonyl (C=O) groups excluding carboxylic acids is 1. The van der Waals surface area contributed by atoms with Crippen LogP contribution < -0.4 is 10.6 Å². The van der Waals surface area contributed by atoms with Gasteiger partial charge in [0.15, 0.2) is 0 Å². The Labute approximate surface area is 153 Å².